The normalized spacial score (nSPS) is 12.7. The first-order chi connectivity index (χ1) is 28.6. The van der Waals surface area contributed by atoms with Crippen LogP contribution in [0.15, 0.2) is 126 Å². The molecule has 0 saturated carbocycles. The molecule has 0 fully saturated rings. The van der Waals surface area contributed by atoms with Gasteiger partial charge in [-0.1, -0.05) is 124 Å². The predicted molar refractivity (Wildman–Crippen MR) is 245 cm³/mol. The number of pyridine rings is 3. The van der Waals surface area contributed by atoms with Crippen molar-refractivity contribution in [1.29, 1.82) is 0 Å². The average molecular weight is 980 g/mol. The SMILES string of the molecule is CC(C)Cc1cc(-c2[c-]cc3c(c2)CCCC3)ncc1[Si](C)(C)C.Cc1cc2nc(-c3[c-]ccc4c3oc3nc(-c5ccccc5)ccc34)n(-c3ccccc3)c2cn1.[Ir]. The van der Waals surface area contributed by atoms with E-state index in [4.69, 9.17) is 19.4 Å². The monoisotopic (exact) mass is 980 g/mol. The number of para-hydroxylation sites is 1. The second kappa shape index (κ2) is 17.2. The molecule has 0 unspecified atom stereocenters. The van der Waals surface area contributed by atoms with Gasteiger partial charge in [0.05, 0.1) is 42.4 Å². The summed E-state index contributed by atoms with van der Waals surface area (Å²) in [6.07, 6.45) is 10.2. The molecule has 0 N–H and O–H groups in total. The zero-order chi connectivity index (χ0) is 40.7. The fourth-order valence-electron chi connectivity index (χ4n) is 8.38. The maximum atomic E-state index is 6.40. The Balaban J connectivity index is 0.000000176. The van der Waals surface area contributed by atoms with Gasteiger partial charge in [-0.05, 0) is 66.9 Å². The summed E-state index contributed by atoms with van der Waals surface area (Å²) in [7, 11) is -1.36. The van der Waals surface area contributed by atoms with Crippen molar-refractivity contribution in [2.45, 2.75) is 72.5 Å². The Morgan fingerprint density at radius 1 is 0.767 bits per heavy atom. The molecule has 1 aliphatic carbocycles. The van der Waals surface area contributed by atoms with Crippen molar-refractivity contribution >= 4 is 46.4 Å². The second-order valence-electron chi connectivity index (χ2n) is 17.2. The number of hydrogen-bond donors (Lipinski definition) is 0. The minimum absolute atomic E-state index is 0. The number of furan rings is 1. The van der Waals surface area contributed by atoms with Crippen molar-refractivity contribution in [3.05, 3.63) is 156 Å². The van der Waals surface area contributed by atoms with E-state index < -0.39 is 8.07 Å². The summed E-state index contributed by atoms with van der Waals surface area (Å²) >= 11 is 0. The summed E-state index contributed by atoms with van der Waals surface area (Å²) in [5.74, 6) is 1.43. The predicted octanol–water partition coefficient (Wildman–Crippen LogP) is 12.3. The van der Waals surface area contributed by atoms with E-state index in [1.807, 2.05) is 85.9 Å². The van der Waals surface area contributed by atoms with Gasteiger partial charge in [-0.3, -0.25) is 9.97 Å². The molecule has 5 heterocycles. The third-order valence-electron chi connectivity index (χ3n) is 11.3. The molecule has 1 aliphatic rings. The largest absolute Gasteiger partial charge is 0.486 e. The number of fused-ring (bicyclic) bond motifs is 5. The topological polar surface area (TPSA) is 69.6 Å². The maximum absolute atomic E-state index is 6.40. The molecular formula is C52H49IrN5OSi-2. The fourth-order valence-corrected chi connectivity index (χ4v) is 9.97. The first-order valence-electron chi connectivity index (χ1n) is 20.8. The Labute approximate surface area is 367 Å². The van der Waals surface area contributed by atoms with Gasteiger partial charge in [0.2, 0.25) is 5.71 Å². The number of aromatic nitrogens is 5. The Hall–Kier alpha value is -5.53. The molecule has 303 valence electrons. The van der Waals surface area contributed by atoms with Crippen LogP contribution < -0.4 is 5.19 Å². The molecule has 1 radical (unpaired) electrons. The molecule has 0 atom stereocenters. The minimum Gasteiger partial charge on any atom is -0.486 e. The third kappa shape index (κ3) is 8.29. The molecule has 60 heavy (non-hydrogen) atoms. The number of imidazole rings is 1. The Morgan fingerprint density at radius 2 is 1.52 bits per heavy atom. The number of aryl methyl sites for hydroxylation is 3. The summed E-state index contributed by atoms with van der Waals surface area (Å²) in [6, 6.07) is 44.2. The van der Waals surface area contributed by atoms with Gasteiger partial charge in [-0.15, -0.1) is 53.1 Å². The van der Waals surface area contributed by atoms with Crippen molar-refractivity contribution in [3.8, 4) is 39.6 Å². The maximum Gasteiger partial charge on any atom is 0.216 e. The molecule has 5 aromatic heterocycles. The van der Waals surface area contributed by atoms with Gasteiger partial charge < -0.3 is 14.0 Å². The molecule has 4 aromatic carbocycles. The van der Waals surface area contributed by atoms with Crippen LogP contribution in [0.5, 0.6) is 0 Å². The van der Waals surface area contributed by atoms with Crippen LogP contribution in [-0.2, 0) is 39.4 Å². The number of rotatable bonds is 7. The van der Waals surface area contributed by atoms with Gasteiger partial charge in [-0.25, -0.2) is 4.98 Å². The van der Waals surface area contributed by atoms with E-state index in [9.17, 15) is 0 Å². The minimum atomic E-state index is -1.36. The molecular weight excluding hydrogens is 931 g/mol. The molecule has 0 aliphatic heterocycles. The molecule has 0 saturated heterocycles. The van der Waals surface area contributed by atoms with Gasteiger partial charge in [0.1, 0.15) is 0 Å². The van der Waals surface area contributed by atoms with Crippen LogP contribution >= 0.6 is 0 Å². The van der Waals surface area contributed by atoms with Crippen LogP contribution in [0.3, 0.4) is 0 Å². The first kappa shape index (κ1) is 41.2. The summed E-state index contributed by atoms with van der Waals surface area (Å²) in [5, 5.41) is 3.47. The summed E-state index contributed by atoms with van der Waals surface area (Å²) in [4.78, 5) is 19.2. The van der Waals surface area contributed by atoms with Gasteiger partial charge in [-0.2, -0.15) is 0 Å². The van der Waals surface area contributed by atoms with Crippen molar-refractivity contribution < 1.29 is 24.5 Å². The van der Waals surface area contributed by atoms with Crippen LogP contribution in [0, 0.1) is 25.0 Å². The van der Waals surface area contributed by atoms with Gasteiger partial charge in [0.25, 0.3) is 0 Å². The van der Waals surface area contributed by atoms with Gasteiger partial charge in [0.15, 0.2) is 0 Å². The molecule has 10 rings (SSSR count). The van der Waals surface area contributed by atoms with Gasteiger partial charge in [0, 0.05) is 48.6 Å². The van der Waals surface area contributed by atoms with Crippen LogP contribution in [0.2, 0.25) is 19.6 Å². The zero-order valence-corrected chi connectivity index (χ0v) is 38.5. The smallest absolute Gasteiger partial charge is 0.216 e. The van der Waals surface area contributed by atoms with E-state index in [-0.39, 0.29) is 20.1 Å². The van der Waals surface area contributed by atoms with Crippen LogP contribution in [0.25, 0.3) is 72.7 Å². The van der Waals surface area contributed by atoms with Crippen LogP contribution in [0.4, 0.5) is 0 Å². The summed E-state index contributed by atoms with van der Waals surface area (Å²) < 4.78 is 8.51. The number of hydrogen-bond acceptors (Lipinski definition) is 5. The number of nitrogens with zero attached hydrogens (tertiary/aromatic N) is 5. The van der Waals surface area contributed by atoms with Gasteiger partial charge >= 0.3 is 0 Å². The van der Waals surface area contributed by atoms with Crippen molar-refractivity contribution in [3.63, 3.8) is 0 Å². The van der Waals surface area contributed by atoms with Crippen LogP contribution in [0.1, 0.15) is 49.1 Å². The Bertz CT molecular complexity index is 2950. The molecule has 8 heteroatoms. The van der Waals surface area contributed by atoms with E-state index in [2.05, 4.69) is 97.8 Å². The quantitative estimate of drug-likeness (QED) is 0.118. The van der Waals surface area contributed by atoms with E-state index >= 15 is 0 Å². The first-order valence-corrected chi connectivity index (χ1v) is 24.3. The van der Waals surface area contributed by atoms with E-state index in [0.717, 1.165) is 73.5 Å². The van der Waals surface area contributed by atoms with Crippen LogP contribution in [-0.4, -0.2) is 32.6 Å². The molecule has 0 spiro atoms. The molecule has 6 nitrogen and oxygen atoms in total. The fraction of sp³-hybridized carbons (Fsp3) is 0.231. The van der Waals surface area contributed by atoms with E-state index in [1.165, 1.54) is 53.1 Å². The van der Waals surface area contributed by atoms with Crippen molar-refractivity contribution in [2.75, 3.05) is 0 Å². The van der Waals surface area contributed by atoms with Crippen molar-refractivity contribution in [2.24, 2.45) is 5.92 Å². The van der Waals surface area contributed by atoms with E-state index in [0.29, 0.717) is 11.6 Å². The molecule has 9 aromatic rings. The summed E-state index contributed by atoms with van der Waals surface area (Å²) in [6.45, 7) is 13.8. The van der Waals surface area contributed by atoms with E-state index in [1.54, 1.807) is 0 Å². The Kier molecular flexibility index (Phi) is 11.8. The third-order valence-corrected chi connectivity index (χ3v) is 13.3. The Morgan fingerprint density at radius 3 is 2.27 bits per heavy atom. The number of benzene rings is 4. The summed E-state index contributed by atoms with van der Waals surface area (Å²) in [5.41, 5.74) is 14.5. The van der Waals surface area contributed by atoms with Crippen molar-refractivity contribution in [1.82, 2.24) is 24.5 Å². The average Bonchev–Trinajstić information content (AvgIpc) is 3.81. The zero-order valence-electron chi connectivity index (χ0n) is 35.1. The molecule has 0 bridgehead atoms. The molecule has 0 amide bonds. The second-order valence-corrected chi connectivity index (χ2v) is 22.3. The standard InChI is InChI=1S/C30H19N4O.C22H30NSi.Ir/c1-19-17-26-27(18-31-19)34(21-11-6-3-7-12-21)29(32-26)24-14-8-13-22-23-15-16-25(20-9-4-2-5-10-20)33-30(23)35-28(22)24;1-16(2)12-20-14-21(23-15-22(20)24(3,4)5)19-11-10-17-8-6-7-9-18(17)13-19;/h2-13,15-18H,1H3;10,13-16H,6-9,12H2,1-5H3;/q2*-1;.